The van der Waals surface area contributed by atoms with Gasteiger partial charge < -0.3 is 5.48 Å². The molecule has 0 saturated heterocycles. The largest absolute Gasteiger partial charge is 0.412 e. The van der Waals surface area contributed by atoms with E-state index in [9.17, 15) is 0 Å². The van der Waals surface area contributed by atoms with Gasteiger partial charge in [0.1, 0.15) is 0 Å². The summed E-state index contributed by atoms with van der Waals surface area (Å²) in [6.45, 7) is 4.53. The molecule has 0 spiro atoms. The topological polar surface area (TPSA) is 31.5 Å². The molecule has 0 amide bonds. The highest BCUT2D eigenvalue weighted by Gasteiger charge is 1.85. The van der Waals surface area contributed by atoms with Gasteiger partial charge in [-0.2, -0.15) is 0 Å². The maximum absolute atomic E-state index is 2.26. The predicted molar refractivity (Wildman–Crippen MR) is 57.6 cm³/mol. The van der Waals surface area contributed by atoms with Crippen molar-refractivity contribution in [1.29, 1.82) is 0 Å². The van der Waals surface area contributed by atoms with Gasteiger partial charge in [-0.15, -0.1) is 17.0 Å². The summed E-state index contributed by atoms with van der Waals surface area (Å²) in [6.07, 6.45) is 9.97. The van der Waals surface area contributed by atoms with Crippen molar-refractivity contribution in [2.75, 3.05) is 0 Å². The summed E-state index contributed by atoms with van der Waals surface area (Å²) in [4.78, 5) is 0. The SMILES string of the molecule is Br.CCCCCCCCC.O. The van der Waals surface area contributed by atoms with Crippen LogP contribution in [0.4, 0.5) is 0 Å². The Morgan fingerprint density at radius 1 is 0.636 bits per heavy atom. The molecule has 1 nitrogen and oxygen atoms in total. The second-order valence-electron chi connectivity index (χ2n) is 2.77. The van der Waals surface area contributed by atoms with Crippen LogP contribution in [-0.2, 0) is 0 Å². The zero-order chi connectivity index (χ0) is 6.95. The third kappa shape index (κ3) is 17.9. The molecule has 0 aromatic rings. The molecule has 0 radical (unpaired) electrons. The molecule has 0 saturated carbocycles. The Bertz CT molecular complexity index is 42.8. The number of halogens is 1. The highest BCUT2D eigenvalue weighted by Crippen LogP contribution is 2.05. The van der Waals surface area contributed by atoms with E-state index in [4.69, 9.17) is 0 Å². The molecule has 0 fully saturated rings. The van der Waals surface area contributed by atoms with E-state index in [-0.39, 0.29) is 22.5 Å². The maximum Gasteiger partial charge on any atom is -0.0533 e. The lowest BCUT2D eigenvalue weighted by molar-refractivity contribution is 0.602. The molecule has 72 valence electrons. The van der Waals surface area contributed by atoms with Crippen LogP contribution in [0.1, 0.15) is 58.8 Å². The van der Waals surface area contributed by atoms with Crippen molar-refractivity contribution >= 4 is 17.0 Å². The van der Waals surface area contributed by atoms with Gasteiger partial charge in [-0.1, -0.05) is 58.8 Å². The molecule has 0 aliphatic carbocycles. The lowest BCUT2D eigenvalue weighted by Gasteiger charge is -1.96. The van der Waals surface area contributed by atoms with Gasteiger partial charge in [-0.05, 0) is 0 Å². The zero-order valence-corrected chi connectivity index (χ0v) is 9.57. The molecular formula is C9H23BrO. The maximum atomic E-state index is 2.26. The first-order valence-electron chi connectivity index (χ1n) is 4.41. The third-order valence-corrected chi connectivity index (χ3v) is 1.71. The van der Waals surface area contributed by atoms with Gasteiger partial charge in [0.15, 0.2) is 0 Å². The highest BCUT2D eigenvalue weighted by atomic mass is 79.9. The number of hydrogen-bond donors (Lipinski definition) is 0. The Labute approximate surface area is 81.7 Å². The molecule has 0 aromatic carbocycles. The Hall–Kier alpha value is 0.440. The van der Waals surface area contributed by atoms with E-state index in [1.165, 1.54) is 44.9 Å². The molecule has 0 unspecified atom stereocenters. The summed E-state index contributed by atoms with van der Waals surface area (Å²) in [7, 11) is 0. The standard InChI is InChI=1S/C9H20.BrH.H2O/c1-3-5-7-9-8-6-4-2;;/h3-9H2,1-2H3;1H;1H2. The summed E-state index contributed by atoms with van der Waals surface area (Å²) in [6, 6.07) is 0. The molecule has 0 aliphatic rings. The van der Waals surface area contributed by atoms with E-state index < -0.39 is 0 Å². The van der Waals surface area contributed by atoms with Crippen LogP contribution < -0.4 is 0 Å². The van der Waals surface area contributed by atoms with E-state index in [1.54, 1.807) is 0 Å². The van der Waals surface area contributed by atoms with Crippen molar-refractivity contribution in [2.45, 2.75) is 58.8 Å². The van der Waals surface area contributed by atoms with E-state index in [2.05, 4.69) is 13.8 Å². The minimum absolute atomic E-state index is 0. The van der Waals surface area contributed by atoms with Crippen molar-refractivity contribution < 1.29 is 5.48 Å². The fourth-order valence-corrected chi connectivity index (χ4v) is 1.03. The van der Waals surface area contributed by atoms with Gasteiger partial charge in [0, 0.05) is 0 Å². The van der Waals surface area contributed by atoms with Crippen molar-refractivity contribution in [1.82, 2.24) is 0 Å². The van der Waals surface area contributed by atoms with Crippen LogP contribution in [0.25, 0.3) is 0 Å². The minimum Gasteiger partial charge on any atom is -0.412 e. The van der Waals surface area contributed by atoms with Gasteiger partial charge in [0.25, 0.3) is 0 Å². The number of rotatable bonds is 6. The van der Waals surface area contributed by atoms with Gasteiger partial charge in [-0.3, -0.25) is 0 Å². The molecule has 2 N–H and O–H groups in total. The summed E-state index contributed by atoms with van der Waals surface area (Å²) in [5, 5.41) is 0. The van der Waals surface area contributed by atoms with Crippen molar-refractivity contribution in [3.63, 3.8) is 0 Å². The lowest BCUT2D eigenvalue weighted by Crippen LogP contribution is -1.76. The molecular weight excluding hydrogens is 204 g/mol. The Morgan fingerprint density at radius 3 is 1.18 bits per heavy atom. The van der Waals surface area contributed by atoms with Crippen molar-refractivity contribution in [3.8, 4) is 0 Å². The molecule has 0 aliphatic heterocycles. The Kier molecular flexibility index (Phi) is 26.7. The number of unbranched alkanes of at least 4 members (excludes halogenated alkanes) is 6. The first-order chi connectivity index (χ1) is 4.41. The highest BCUT2D eigenvalue weighted by molar-refractivity contribution is 8.93. The van der Waals surface area contributed by atoms with E-state index in [0.717, 1.165) is 0 Å². The van der Waals surface area contributed by atoms with E-state index >= 15 is 0 Å². The monoisotopic (exact) mass is 226 g/mol. The summed E-state index contributed by atoms with van der Waals surface area (Å²) in [5.41, 5.74) is 0. The van der Waals surface area contributed by atoms with Crippen LogP contribution in [0, 0.1) is 0 Å². The first-order valence-corrected chi connectivity index (χ1v) is 4.41. The smallest absolute Gasteiger partial charge is 0.0533 e. The van der Waals surface area contributed by atoms with Gasteiger partial charge in [-0.25, -0.2) is 0 Å². The van der Waals surface area contributed by atoms with Crippen molar-refractivity contribution in [3.05, 3.63) is 0 Å². The average Bonchev–Trinajstić information content (AvgIpc) is 1.89. The first kappa shape index (κ1) is 17.5. The zero-order valence-electron chi connectivity index (χ0n) is 7.86. The quantitative estimate of drug-likeness (QED) is 0.622. The second-order valence-corrected chi connectivity index (χ2v) is 2.77. The van der Waals surface area contributed by atoms with Gasteiger partial charge in [0.2, 0.25) is 0 Å². The summed E-state index contributed by atoms with van der Waals surface area (Å²) < 4.78 is 0. The molecule has 11 heavy (non-hydrogen) atoms. The Morgan fingerprint density at radius 2 is 0.909 bits per heavy atom. The van der Waals surface area contributed by atoms with Gasteiger partial charge >= 0.3 is 0 Å². The van der Waals surface area contributed by atoms with Crippen LogP contribution >= 0.6 is 17.0 Å². The molecule has 0 aromatic heterocycles. The van der Waals surface area contributed by atoms with E-state index in [0.29, 0.717) is 0 Å². The molecule has 0 bridgehead atoms. The van der Waals surface area contributed by atoms with Crippen molar-refractivity contribution in [2.24, 2.45) is 0 Å². The fraction of sp³-hybridized carbons (Fsp3) is 1.00. The fourth-order valence-electron chi connectivity index (χ4n) is 1.03. The van der Waals surface area contributed by atoms with Crippen LogP contribution in [-0.4, -0.2) is 5.48 Å². The van der Waals surface area contributed by atoms with Crippen LogP contribution in [0.5, 0.6) is 0 Å². The Balaban J connectivity index is -0.000000320. The molecule has 0 atom stereocenters. The second kappa shape index (κ2) is 16.8. The normalized spacial score (nSPS) is 8.18. The van der Waals surface area contributed by atoms with Crippen LogP contribution in [0.2, 0.25) is 0 Å². The van der Waals surface area contributed by atoms with Crippen LogP contribution in [0.3, 0.4) is 0 Å². The van der Waals surface area contributed by atoms with E-state index in [1.807, 2.05) is 0 Å². The minimum atomic E-state index is 0. The molecule has 0 heterocycles. The van der Waals surface area contributed by atoms with Gasteiger partial charge in [0.05, 0.1) is 0 Å². The average molecular weight is 227 g/mol. The summed E-state index contributed by atoms with van der Waals surface area (Å²) in [5.74, 6) is 0. The molecule has 2 heteroatoms. The summed E-state index contributed by atoms with van der Waals surface area (Å²) >= 11 is 0. The van der Waals surface area contributed by atoms with Crippen LogP contribution in [0.15, 0.2) is 0 Å². The third-order valence-electron chi connectivity index (χ3n) is 1.71. The lowest BCUT2D eigenvalue weighted by atomic mass is 10.1. The molecule has 0 rings (SSSR count). The predicted octanol–water partition coefficient (Wildman–Crippen LogP) is 3.51. The number of hydrogen-bond acceptors (Lipinski definition) is 0.